The fraction of sp³-hybridized carbons (Fsp3) is 0.867. The highest BCUT2D eigenvalue weighted by Crippen LogP contribution is 1.93. The van der Waals surface area contributed by atoms with E-state index in [1.165, 1.54) is 0 Å². The molecule has 0 aromatic heterocycles. The van der Waals surface area contributed by atoms with E-state index in [0.29, 0.717) is 0 Å². The van der Waals surface area contributed by atoms with E-state index in [4.69, 9.17) is 25.4 Å². The number of morpholine rings is 2. The van der Waals surface area contributed by atoms with E-state index >= 15 is 0 Å². The third-order valence-electron chi connectivity index (χ3n) is 3.46. The summed E-state index contributed by atoms with van der Waals surface area (Å²) < 4.78 is 10.2. The van der Waals surface area contributed by atoms with Crippen LogP contribution in [0.2, 0.25) is 0 Å². The van der Waals surface area contributed by atoms with Gasteiger partial charge in [0.2, 0.25) is 0 Å². The zero-order valence-electron chi connectivity index (χ0n) is 14.6. The van der Waals surface area contributed by atoms with Crippen molar-refractivity contribution >= 4 is 11.9 Å². The van der Waals surface area contributed by atoms with Crippen LogP contribution < -0.4 is 5.73 Å². The number of nitrogens with two attached hydrogens (primary N) is 1. The molecule has 9 nitrogen and oxygen atoms in total. The first kappa shape index (κ1) is 22.7. The van der Waals surface area contributed by atoms with Crippen LogP contribution in [-0.4, -0.2) is 105 Å². The van der Waals surface area contributed by atoms with Crippen LogP contribution >= 0.6 is 0 Å². The van der Waals surface area contributed by atoms with E-state index in [1.54, 1.807) is 0 Å². The number of aliphatic carboxylic acids is 2. The number of hydrogen-bond donors (Lipinski definition) is 3. The van der Waals surface area contributed by atoms with Gasteiger partial charge in [-0.1, -0.05) is 0 Å². The number of carbonyl (C=O) groups is 2. The number of rotatable bonds is 4. The zero-order chi connectivity index (χ0) is 18.4. The zero-order valence-corrected chi connectivity index (χ0v) is 14.6. The van der Waals surface area contributed by atoms with Crippen LogP contribution in [0, 0.1) is 0 Å². The van der Waals surface area contributed by atoms with E-state index in [-0.39, 0.29) is 12.8 Å². The number of ether oxygens (including phenoxy) is 2. The van der Waals surface area contributed by atoms with E-state index in [9.17, 15) is 9.59 Å². The summed E-state index contributed by atoms with van der Waals surface area (Å²) in [7, 11) is 4.23. The molecule has 2 aliphatic rings. The fourth-order valence-corrected chi connectivity index (χ4v) is 1.71. The highest BCUT2D eigenvalue weighted by molar-refractivity contribution is 5.74. The Morgan fingerprint density at radius 3 is 1.54 bits per heavy atom. The largest absolute Gasteiger partial charge is 0.481 e. The monoisotopic (exact) mass is 349 g/mol. The standard InChI is InChI=1S/C5H9NO4.2C5H11NO/c6-3(5(9)10)1-2-4(7)8;2*1-6-2-4-7-5-3-6/h3H,1-2,6H2,(H,7,8)(H,9,10);2*2-5H2,1H3/t3-;;/m0../s1. The number of carboxylic acid groups (broad SMARTS) is 2. The van der Waals surface area contributed by atoms with Gasteiger partial charge in [-0.25, -0.2) is 0 Å². The molecule has 0 amide bonds. The molecule has 24 heavy (non-hydrogen) atoms. The van der Waals surface area contributed by atoms with Crippen molar-refractivity contribution in [3.63, 3.8) is 0 Å². The summed E-state index contributed by atoms with van der Waals surface area (Å²) in [5.41, 5.74) is 5.00. The minimum Gasteiger partial charge on any atom is -0.481 e. The Morgan fingerprint density at radius 2 is 1.33 bits per heavy atom. The molecular weight excluding hydrogens is 318 g/mol. The van der Waals surface area contributed by atoms with Crippen molar-refractivity contribution < 1.29 is 29.3 Å². The second-order valence-electron chi connectivity index (χ2n) is 5.71. The van der Waals surface area contributed by atoms with Gasteiger partial charge in [-0.05, 0) is 20.5 Å². The minimum atomic E-state index is -1.17. The summed E-state index contributed by atoms with van der Waals surface area (Å²) >= 11 is 0. The van der Waals surface area contributed by atoms with Crippen molar-refractivity contribution in [1.29, 1.82) is 0 Å². The Hall–Kier alpha value is -1.26. The maximum Gasteiger partial charge on any atom is 0.320 e. The maximum absolute atomic E-state index is 9.99. The number of likely N-dealkylation sites (N-methyl/N-ethyl adjacent to an activating group) is 2. The molecule has 0 aliphatic carbocycles. The van der Waals surface area contributed by atoms with Crippen LogP contribution in [0.5, 0.6) is 0 Å². The normalized spacial score (nSPS) is 20.0. The summed E-state index contributed by atoms with van der Waals surface area (Å²) in [4.78, 5) is 24.4. The third-order valence-corrected chi connectivity index (χ3v) is 3.46. The van der Waals surface area contributed by atoms with Gasteiger partial charge in [0.1, 0.15) is 6.04 Å². The topological polar surface area (TPSA) is 126 Å². The summed E-state index contributed by atoms with van der Waals surface area (Å²) in [6.07, 6.45) is -0.224. The Bertz CT molecular complexity index is 328. The van der Waals surface area contributed by atoms with Gasteiger partial charge in [0.25, 0.3) is 0 Å². The van der Waals surface area contributed by atoms with E-state index < -0.39 is 18.0 Å². The summed E-state index contributed by atoms with van der Waals surface area (Å²) in [5.74, 6) is -2.20. The predicted molar refractivity (Wildman–Crippen MR) is 89.1 cm³/mol. The molecule has 0 radical (unpaired) electrons. The second kappa shape index (κ2) is 14.1. The number of hydrogen-bond acceptors (Lipinski definition) is 7. The van der Waals surface area contributed by atoms with Gasteiger partial charge in [0.05, 0.1) is 26.4 Å². The first-order chi connectivity index (χ1) is 11.3. The first-order valence-electron chi connectivity index (χ1n) is 8.05. The number of carboxylic acids is 2. The van der Waals surface area contributed by atoms with Crippen LogP contribution in [0.3, 0.4) is 0 Å². The molecule has 0 saturated carbocycles. The lowest BCUT2D eigenvalue weighted by atomic mass is 10.2. The van der Waals surface area contributed by atoms with E-state index in [0.717, 1.165) is 52.6 Å². The quantitative estimate of drug-likeness (QED) is 0.595. The van der Waals surface area contributed by atoms with Crippen molar-refractivity contribution in [1.82, 2.24) is 9.80 Å². The van der Waals surface area contributed by atoms with Gasteiger partial charge >= 0.3 is 11.9 Å². The average molecular weight is 349 g/mol. The number of nitrogens with zero attached hydrogens (tertiary/aromatic N) is 2. The van der Waals surface area contributed by atoms with Crippen LogP contribution in [0.25, 0.3) is 0 Å². The molecule has 0 spiro atoms. The van der Waals surface area contributed by atoms with Crippen LogP contribution in [0.1, 0.15) is 12.8 Å². The Balaban J connectivity index is 0.000000337. The Kier molecular flexibility index (Phi) is 13.4. The Morgan fingerprint density at radius 1 is 0.958 bits per heavy atom. The molecule has 0 aromatic rings. The lowest BCUT2D eigenvalue weighted by Crippen LogP contribution is -2.32. The van der Waals surface area contributed by atoms with Gasteiger partial charge in [0, 0.05) is 32.6 Å². The molecule has 2 rings (SSSR count). The predicted octanol–water partition coefficient (Wildman–Crippen LogP) is -0.840. The minimum absolute atomic E-state index is 0.0231. The second-order valence-corrected chi connectivity index (χ2v) is 5.71. The molecule has 2 saturated heterocycles. The lowest BCUT2D eigenvalue weighted by molar-refractivity contribution is -0.139. The van der Waals surface area contributed by atoms with Crippen LogP contribution in [0.15, 0.2) is 0 Å². The molecule has 2 aliphatic heterocycles. The molecule has 0 unspecified atom stereocenters. The lowest BCUT2D eigenvalue weighted by Gasteiger charge is -2.21. The van der Waals surface area contributed by atoms with E-state index in [2.05, 4.69) is 23.9 Å². The summed E-state index contributed by atoms with van der Waals surface area (Å²) in [6.45, 7) is 8.04. The van der Waals surface area contributed by atoms with Crippen molar-refractivity contribution in [3.05, 3.63) is 0 Å². The van der Waals surface area contributed by atoms with Crippen molar-refractivity contribution in [2.75, 3.05) is 66.7 Å². The molecule has 0 bridgehead atoms. The third kappa shape index (κ3) is 14.3. The van der Waals surface area contributed by atoms with Gasteiger partial charge in [-0.15, -0.1) is 0 Å². The first-order valence-corrected chi connectivity index (χ1v) is 8.05. The Labute approximate surface area is 143 Å². The molecule has 142 valence electrons. The molecule has 0 aromatic carbocycles. The molecule has 9 heteroatoms. The molecule has 2 heterocycles. The summed E-state index contributed by atoms with van der Waals surface area (Å²) in [6, 6.07) is -1.06. The van der Waals surface area contributed by atoms with Crippen molar-refractivity contribution in [3.8, 4) is 0 Å². The smallest absolute Gasteiger partial charge is 0.320 e. The van der Waals surface area contributed by atoms with Crippen molar-refractivity contribution in [2.24, 2.45) is 5.73 Å². The van der Waals surface area contributed by atoms with Crippen molar-refractivity contribution in [2.45, 2.75) is 18.9 Å². The van der Waals surface area contributed by atoms with Gasteiger partial charge < -0.3 is 35.2 Å². The average Bonchev–Trinajstić information content (AvgIpc) is 2.55. The van der Waals surface area contributed by atoms with Crippen LogP contribution in [0.4, 0.5) is 0 Å². The van der Waals surface area contributed by atoms with Crippen LogP contribution in [-0.2, 0) is 19.1 Å². The molecule has 2 fully saturated rings. The highest BCUT2D eigenvalue weighted by atomic mass is 16.5. The SMILES string of the molecule is CN1CCOCC1.CN1CCOCC1.N[C@@H](CCC(=O)O)C(=O)O. The molecule has 1 atom stereocenters. The van der Waals surface area contributed by atoms with Gasteiger partial charge in [-0.2, -0.15) is 0 Å². The summed E-state index contributed by atoms with van der Waals surface area (Å²) in [5, 5.41) is 16.3. The van der Waals surface area contributed by atoms with Gasteiger partial charge in [-0.3, -0.25) is 9.59 Å². The van der Waals surface area contributed by atoms with E-state index in [1.807, 2.05) is 0 Å². The fourth-order valence-electron chi connectivity index (χ4n) is 1.71. The molecular formula is C15H31N3O6. The van der Waals surface area contributed by atoms with Gasteiger partial charge in [0.15, 0.2) is 0 Å². The highest BCUT2D eigenvalue weighted by Gasteiger charge is 2.12. The maximum atomic E-state index is 9.99. The molecule has 4 N–H and O–H groups in total.